The quantitative estimate of drug-likeness (QED) is 0.606. The summed E-state index contributed by atoms with van der Waals surface area (Å²) < 4.78 is 7.29. The molecule has 1 aromatic heterocycles. The number of aromatic nitrogens is 1. The molecule has 0 atom stereocenters. The van der Waals surface area contributed by atoms with Crippen LogP contribution in [-0.2, 0) is 11.8 Å². The predicted molar refractivity (Wildman–Crippen MR) is 75.4 cm³/mol. The second-order valence-corrected chi connectivity index (χ2v) is 5.45. The van der Waals surface area contributed by atoms with Gasteiger partial charge in [-0.15, -0.1) is 0 Å². The molecule has 1 aliphatic carbocycles. The SMILES string of the molecule is CC(=O)Oc1ccc2c(C3CCCC3)cn(C)c2c1. The molecule has 1 heterocycles. The average molecular weight is 257 g/mol. The van der Waals surface area contributed by atoms with Crippen molar-refractivity contribution in [2.45, 2.75) is 38.5 Å². The second-order valence-electron chi connectivity index (χ2n) is 5.45. The van der Waals surface area contributed by atoms with Crippen molar-refractivity contribution in [3.05, 3.63) is 30.0 Å². The lowest BCUT2D eigenvalue weighted by atomic mass is 9.97. The van der Waals surface area contributed by atoms with Crippen molar-refractivity contribution >= 4 is 16.9 Å². The molecule has 19 heavy (non-hydrogen) atoms. The predicted octanol–water partition coefficient (Wildman–Crippen LogP) is 3.76. The number of nitrogens with zero attached hydrogens (tertiary/aromatic N) is 1. The minimum absolute atomic E-state index is 0.274. The summed E-state index contributed by atoms with van der Waals surface area (Å²) in [4.78, 5) is 11.0. The van der Waals surface area contributed by atoms with Gasteiger partial charge in [0.05, 0.1) is 5.52 Å². The van der Waals surface area contributed by atoms with E-state index in [-0.39, 0.29) is 5.97 Å². The summed E-state index contributed by atoms with van der Waals surface area (Å²) in [5.74, 6) is 1.05. The molecule has 0 saturated heterocycles. The number of esters is 1. The minimum Gasteiger partial charge on any atom is -0.427 e. The first-order valence-corrected chi connectivity index (χ1v) is 6.92. The Kier molecular flexibility index (Phi) is 3.05. The van der Waals surface area contributed by atoms with Crippen LogP contribution >= 0.6 is 0 Å². The van der Waals surface area contributed by atoms with E-state index >= 15 is 0 Å². The lowest BCUT2D eigenvalue weighted by Gasteiger charge is -2.07. The van der Waals surface area contributed by atoms with Gasteiger partial charge in [0.1, 0.15) is 5.75 Å². The minimum atomic E-state index is -0.274. The lowest BCUT2D eigenvalue weighted by Crippen LogP contribution is -2.01. The molecule has 0 radical (unpaired) electrons. The maximum Gasteiger partial charge on any atom is 0.308 e. The second kappa shape index (κ2) is 4.72. The Balaban J connectivity index is 2.04. The first kappa shape index (κ1) is 12.3. The topological polar surface area (TPSA) is 31.2 Å². The Bertz CT molecular complexity index is 621. The van der Waals surface area contributed by atoms with Crippen LogP contribution in [0.4, 0.5) is 0 Å². The molecule has 0 amide bonds. The Hall–Kier alpha value is -1.77. The first-order chi connectivity index (χ1) is 9.15. The number of ether oxygens (including phenoxy) is 1. The number of hydrogen-bond donors (Lipinski definition) is 0. The van der Waals surface area contributed by atoms with Crippen LogP contribution in [0, 0.1) is 0 Å². The smallest absolute Gasteiger partial charge is 0.308 e. The van der Waals surface area contributed by atoms with E-state index in [0.29, 0.717) is 11.7 Å². The van der Waals surface area contributed by atoms with Crippen molar-refractivity contribution < 1.29 is 9.53 Å². The number of aryl methyl sites for hydroxylation is 1. The van der Waals surface area contributed by atoms with Gasteiger partial charge in [0.25, 0.3) is 0 Å². The molecule has 3 rings (SSSR count). The van der Waals surface area contributed by atoms with Gasteiger partial charge in [-0.1, -0.05) is 12.8 Å². The summed E-state index contributed by atoms with van der Waals surface area (Å²) in [7, 11) is 2.05. The highest BCUT2D eigenvalue weighted by Gasteiger charge is 2.21. The summed E-state index contributed by atoms with van der Waals surface area (Å²) in [5.41, 5.74) is 2.59. The molecule has 0 N–H and O–H groups in total. The lowest BCUT2D eigenvalue weighted by molar-refractivity contribution is -0.131. The largest absolute Gasteiger partial charge is 0.427 e. The molecular weight excluding hydrogens is 238 g/mol. The molecular formula is C16H19NO2. The zero-order valence-corrected chi connectivity index (χ0v) is 11.5. The molecule has 0 bridgehead atoms. The fourth-order valence-electron chi connectivity index (χ4n) is 3.19. The number of hydrogen-bond acceptors (Lipinski definition) is 2. The number of benzene rings is 1. The van der Waals surface area contributed by atoms with E-state index in [9.17, 15) is 4.79 Å². The van der Waals surface area contributed by atoms with Crippen LogP contribution < -0.4 is 4.74 Å². The van der Waals surface area contributed by atoms with Crippen LogP contribution in [0.3, 0.4) is 0 Å². The summed E-state index contributed by atoms with van der Waals surface area (Å²) in [6, 6.07) is 5.93. The van der Waals surface area contributed by atoms with Crippen molar-refractivity contribution in [2.24, 2.45) is 7.05 Å². The maximum absolute atomic E-state index is 11.0. The maximum atomic E-state index is 11.0. The Morgan fingerprint density at radius 2 is 2.05 bits per heavy atom. The van der Waals surface area contributed by atoms with Gasteiger partial charge in [0, 0.05) is 31.6 Å². The van der Waals surface area contributed by atoms with E-state index in [1.165, 1.54) is 43.6 Å². The molecule has 3 nitrogen and oxygen atoms in total. The van der Waals surface area contributed by atoms with E-state index in [1.54, 1.807) is 0 Å². The van der Waals surface area contributed by atoms with Crippen molar-refractivity contribution in [1.82, 2.24) is 4.57 Å². The Labute approximate surface area is 113 Å². The van der Waals surface area contributed by atoms with Gasteiger partial charge < -0.3 is 9.30 Å². The fourth-order valence-corrected chi connectivity index (χ4v) is 3.19. The van der Waals surface area contributed by atoms with Gasteiger partial charge in [-0.2, -0.15) is 0 Å². The average Bonchev–Trinajstić information content (AvgIpc) is 2.97. The van der Waals surface area contributed by atoms with Crippen molar-refractivity contribution in [3.8, 4) is 5.75 Å². The third kappa shape index (κ3) is 2.25. The van der Waals surface area contributed by atoms with Crippen LogP contribution in [0.25, 0.3) is 10.9 Å². The normalized spacial score (nSPS) is 16.1. The van der Waals surface area contributed by atoms with Gasteiger partial charge in [0.2, 0.25) is 0 Å². The van der Waals surface area contributed by atoms with Gasteiger partial charge in [-0.3, -0.25) is 4.79 Å². The van der Waals surface area contributed by atoms with E-state index < -0.39 is 0 Å². The Morgan fingerprint density at radius 3 is 2.74 bits per heavy atom. The molecule has 1 aliphatic rings. The highest BCUT2D eigenvalue weighted by Crippen LogP contribution is 2.39. The summed E-state index contributed by atoms with van der Waals surface area (Å²) in [5, 5.41) is 1.30. The Morgan fingerprint density at radius 1 is 1.32 bits per heavy atom. The van der Waals surface area contributed by atoms with Gasteiger partial charge in [-0.25, -0.2) is 0 Å². The van der Waals surface area contributed by atoms with Gasteiger partial charge in [-0.05, 0) is 36.5 Å². The van der Waals surface area contributed by atoms with Crippen molar-refractivity contribution in [1.29, 1.82) is 0 Å². The first-order valence-electron chi connectivity index (χ1n) is 6.92. The number of fused-ring (bicyclic) bond motifs is 1. The monoisotopic (exact) mass is 257 g/mol. The van der Waals surface area contributed by atoms with E-state index in [1.807, 2.05) is 12.1 Å². The summed E-state index contributed by atoms with van der Waals surface area (Å²) in [6.45, 7) is 1.43. The summed E-state index contributed by atoms with van der Waals surface area (Å²) >= 11 is 0. The van der Waals surface area contributed by atoms with E-state index in [4.69, 9.17) is 4.74 Å². The van der Waals surface area contributed by atoms with Gasteiger partial charge in [0.15, 0.2) is 0 Å². The van der Waals surface area contributed by atoms with Gasteiger partial charge >= 0.3 is 5.97 Å². The number of rotatable bonds is 2. The molecule has 0 unspecified atom stereocenters. The molecule has 100 valence electrons. The molecule has 3 heteroatoms. The molecule has 1 aromatic carbocycles. The number of carbonyl (C=O) groups excluding carboxylic acids is 1. The fraction of sp³-hybridized carbons (Fsp3) is 0.438. The highest BCUT2D eigenvalue weighted by atomic mass is 16.5. The third-order valence-corrected chi connectivity index (χ3v) is 4.05. The van der Waals surface area contributed by atoms with Crippen LogP contribution in [0.15, 0.2) is 24.4 Å². The third-order valence-electron chi connectivity index (χ3n) is 4.05. The zero-order chi connectivity index (χ0) is 13.4. The molecule has 0 aliphatic heterocycles. The molecule has 2 aromatic rings. The van der Waals surface area contributed by atoms with Crippen LogP contribution in [0.2, 0.25) is 0 Å². The highest BCUT2D eigenvalue weighted by molar-refractivity contribution is 5.86. The summed E-state index contributed by atoms with van der Waals surface area (Å²) in [6.07, 6.45) is 7.51. The zero-order valence-electron chi connectivity index (χ0n) is 11.5. The van der Waals surface area contributed by atoms with Crippen LogP contribution in [0.5, 0.6) is 5.75 Å². The number of carbonyl (C=O) groups is 1. The molecule has 0 spiro atoms. The van der Waals surface area contributed by atoms with Crippen LogP contribution in [-0.4, -0.2) is 10.5 Å². The van der Waals surface area contributed by atoms with E-state index in [2.05, 4.69) is 23.9 Å². The van der Waals surface area contributed by atoms with Crippen LogP contribution in [0.1, 0.15) is 44.1 Å². The molecule has 1 fully saturated rings. The standard InChI is InChI=1S/C16H19NO2/c1-11(18)19-13-7-8-14-15(12-5-3-4-6-12)10-17(2)16(14)9-13/h7-10,12H,3-6H2,1-2H3. The van der Waals surface area contributed by atoms with Crippen molar-refractivity contribution in [2.75, 3.05) is 0 Å². The van der Waals surface area contributed by atoms with Crippen molar-refractivity contribution in [3.63, 3.8) is 0 Å². The van der Waals surface area contributed by atoms with E-state index in [0.717, 1.165) is 5.52 Å². The molecule has 1 saturated carbocycles.